The molecule has 5 N–H and O–H groups in total. The monoisotopic (exact) mass is 181 g/mol. The molecule has 1 rings (SSSR count). The van der Waals surface area contributed by atoms with Crippen LogP contribution in [0.5, 0.6) is 5.75 Å². The third-order valence-corrected chi connectivity index (χ3v) is 1.64. The maximum Gasteiger partial charge on any atom is 0.172 e. The fourth-order valence-electron chi connectivity index (χ4n) is 0.938. The average Bonchev–Trinajstić information content (AvgIpc) is 2.17. The normalized spacial score (nSPS) is 11.3. The summed E-state index contributed by atoms with van der Waals surface area (Å²) in [6, 6.07) is 4.93. The zero-order valence-electron chi connectivity index (χ0n) is 7.19. The number of ether oxygens (including phenoxy) is 1. The van der Waals surface area contributed by atoms with Gasteiger partial charge in [-0.1, -0.05) is 5.16 Å². The van der Waals surface area contributed by atoms with Crippen LogP contribution in [0.2, 0.25) is 0 Å². The Labute approximate surface area is 75.6 Å². The van der Waals surface area contributed by atoms with Gasteiger partial charge < -0.3 is 21.4 Å². The van der Waals surface area contributed by atoms with Crippen LogP contribution in [-0.4, -0.2) is 18.2 Å². The van der Waals surface area contributed by atoms with Gasteiger partial charge in [-0.05, 0) is 18.2 Å². The van der Waals surface area contributed by atoms with Crippen LogP contribution < -0.4 is 16.2 Å². The number of benzene rings is 1. The minimum absolute atomic E-state index is 0.0311. The number of methoxy groups -OCH3 is 1. The Bertz CT molecular complexity index is 336. The molecule has 0 saturated carbocycles. The smallest absolute Gasteiger partial charge is 0.172 e. The molecule has 0 aromatic heterocycles. The van der Waals surface area contributed by atoms with Crippen molar-refractivity contribution < 1.29 is 9.94 Å². The molecule has 0 fully saturated rings. The van der Waals surface area contributed by atoms with E-state index in [1.54, 1.807) is 18.2 Å². The molecule has 0 amide bonds. The molecule has 1 aromatic carbocycles. The quantitative estimate of drug-likeness (QED) is 0.202. The van der Waals surface area contributed by atoms with E-state index in [1.165, 1.54) is 7.11 Å². The van der Waals surface area contributed by atoms with E-state index in [0.717, 1.165) is 0 Å². The van der Waals surface area contributed by atoms with Crippen molar-refractivity contribution in [1.29, 1.82) is 0 Å². The van der Waals surface area contributed by atoms with Gasteiger partial charge in [0.25, 0.3) is 0 Å². The van der Waals surface area contributed by atoms with Crippen LogP contribution in [-0.2, 0) is 0 Å². The number of hydrogen-bond acceptors (Lipinski definition) is 4. The number of oxime groups is 1. The van der Waals surface area contributed by atoms with Crippen molar-refractivity contribution in [3.8, 4) is 5.75 Å². The molecule has 0 aliphatic rings. The first-order chi connectivity index (χ1) is 6.19. The molecule has 1 aromatic rings. The van der Waals surface area contributed by atoms with Crippen molar-refractivity contribution in [3.05, 3.63) is 23.8 Å². The lowest BCUT2D eigenvalue weighted by Gasteiger charge is -2.05. The van der Waals surface area contributed by atoms with Crippen LogP contribution in [0, 0.1) is 0 Å². The van der Waals surface area contributed by atoms with Crippen LogP contribution in [0.25, 0.3) is 0 Å². The Balaban J connectivity index is 3.19. The SMILES string of the molecule is COc1ccc(N)c(C(N)=NO)c1. The molecule has 0 bridgehead atoms. The van der Waals surface area contributed by atoms with Gasteiger partial charge in [-0.3, -0.25) is 0 Å². The minimum Gasteiger partial charge on any atom is -0.497 e. The van der Waals surface area contributed by atoms with E-state index in [-0.39, 0.29) is 5.84 Å². The number of hydrogen-bond donors (Lipinski definition) is 3. The van der Waals surface area contributed by atoms with E-state index in [4.69, 9.17) is 21.4 Å². The largest absolute Gasteiger partial charge is 0.497 e. The molecule has 70 valence electrons. The standard InChI is InChI=1S/C8H11N3O2/c1-13-5-2-3-7(9)6(4-5)8(10)11-12/h2-4,12H,9H2,1H3,(H2,10,11). The fourth-order valence-corrected chi connectivity index (χ4v) is 0.938. The summed E-state index contributed by atoms with van der Waals surface area (Å²) < 4.78 is 4.96. The zero-order valence-corrected chi connectivity index (χ0v) is 7.19. The number of nitrogens with two attached hydrogens (primary N) is 2. The summed E-state index contributed by atoms with van der Waals surface area (Å²) in [7, 11) is 1.53. The Morgan fingerprint density at radius 2 is 2.23 bits per heavy atom. The van der Waals surface area contributed by atoms with E-state index < -0.39 is 0 Å². The molecule has 5 heteroatoms. The lowest BCUT2D eigenvalue weighted by atomic mass is 10.1. The van der Waals surface area contributed by atoms with Crippen LogP contribution in [0.4, 0.5) is 5.69 Å². The predicted molar refractivity (Wildman–Crippen MR) is 49.9 cm³/mol. The van der Waals surface area contributed by atoms with Crippen molar-refractivity contribution in [2.45, 2.75) is 0 Å². The summed E-state index contributed by atoms with van der Waals surface area (Å²) in [6.07, 6.45) is 0. The summed E-state index contributed by atoms with van der Waals surface area (Å²) in [5, 5.41) is 11.3. The van der Waals surface area contributed by atoms with Crippen LogP contribution in [0.15, 0.2) is 23.4 Å². The van der Waals surface area contributed by atoms with Crippen molar-refractivity contribution in [1.82, 2.24) is 0 Å². The maximum absolute atomic E-state index is 8.44. The Morgan fingerprint density at radius 3 is 2.77 bits per heavy atom. The molecule has 0 heterocycles. The fraction of sp³-hybridized carbons (Fsp3) is 0.125. The van der Waals surface area contributed by atoms with Crippen molar-refractivity contribution in [2.24, 2.45) is 10.9 Å². The van der Waals surface area contributed by atoms with E-state index in [2.05, 4.69) is 5.16 Å². The van der Waals surface area contributed by atoms with Gasteiger partial charge >= 0.3 is 0 Å². The molecule has 0 aliphatic carbocycles. The highest BCUT2D eigenvalue weighted by Crippen LogP contribution is 2.18. The highest BCUT2D eigenvalue weighted by Gasteiger charge is 2.05. The van der Waals surface area contributed by atoms with E-state index in [0.29, 0.717) is 17.0 Å². The maximum atomic E-state index is 8.44. The summed E-state index contributed by atoms with van der Waals surface area (Å²) in [6.45, 7) is 0. The Morgan fingerprint density at radius 1 is 1.54 bits per heavy atom. The van der Waals surface area contributed by atoms with Crippen molar-refractivity contribution in [2.75, 3.05) is 12.8 Å². The molecule has 0 spiro atoms. The third kappa shape index (κ3) is 1.81. The number of anilines is 1. The van der Waals surface area contributed by atoms with Crippen LogP contribution in [0.3, 0.4) is 0 Å². The molecule has 0 aliphatic heterocycles. The second-order valence-electron chi connectivity index (χ2n) is 2.44. The Kier molecular flexibility index (Phi) is 2.59. The van der Waals surface area contributed by atoms with Gasteiger partial charge in [-0.2, -0.15) is 0 Å². The average molecular weight is 181 g/mol. The van der Waals surface area contributed by atoms with E-state index in [1.807, 2.05) is 0 Å². The van der Waals surface area contributed by atoms with Crippen LogP contribution in [0.1, 0.15) is 5.56 Å². The van der Waals surface area contributed by atoms with Gasteiger partial charge in [0.05, 0.1) is 7.11 Å². The number of rotatable bonds is 2. The van der Waals surface area contributed by atoms with Gasteiger partial charge in [0, 0.05) is 11.3 Å². The van der Waals surface area contributed by atoms with E-state index >= 15 is 0 Å². The number of amidine groups is 1. The van der Waals surface area contributed by atoms with Gasteiger partial charge in [0.15, 0.2) is 5.84 Å². The topological polar surface area (TPSA) is 93.9 Å². The first-order valence-electron chi connectivity index (χ1n) is 3.60. The molecule has 0 radical (unpaired) electrons. The lowest BCUT2D eigenvalue weighted by Crippen LogP contribution is -2.15. The third-order valence-electron chi connectivity index (χ3n) is 1.64. The number of nitrogens with zero attached hydrogens (tertiary/aromatic N) is 1. The Hall–Kier alpha value is -1.91. The number of nitrogen functional groups attached to an aromatic ring is 1. The second-order valence-corrected chi connectivity index (χ2v) is 2.44. The molecule has 0 saturated heterocycles. The van der Waals surface area contributed by atoms with Crippen LogP contribution >= 0.6 is 0 Å². The molecule has 5 nitrogen and oxygen atoms in total. The molecular formula is C8H11N3O2. The van der Waals surface area contributed by atoms with E-state index in [9.17, 15) is 0 Å². The molecular weight excluding hydrogens is 170 g/mol. The first kappa shape index (κ1) is 9.18. The summed E-state index contributed by atoms with van der Waals surface area (Å²) in [5.41, 5.74) is 11.9. The molecule has 0 atom stereocenters. The predicted octanol–water partition coefficient (Wildman–Crippen LogP) is 0.372. The van der Waals surface area contributed by atoms with Crippen molar-refractivity contribution >= 4 is 11.5 Å². The summed E-state index contributed by atoms with van der Waals surface area (Å²) in [4.78, 5) is 0. The van der Waals surface area contributed by atoms with Gasteiger partial charge in [-0.25, -0.2) is 0 Å². The van der Waals surface area contributed by atoms with Gasteiger partial charge in [0.2, 0.25) is 0 Å². The summed E-state index contributed by atoms with van der Waals surface area (Å²) in [5.74, 6) is 0.576. The summed E-state index contributed by atoms with van der Waals surface area (Å²) >= 11 is 0. The molecule has 13 heavy (non-hydrogen) atoms. The zero-order chi connectivity index (χ0) is 9.84. The highest BCUT2D eigenvalue weighted by molar-refractivity contribution is 6.01. The minimum atomic E-state index is -0.0311. The first-order valence-corrected chi connectivity index (χ1v) is 3.60. The van der Waals surface area contributed by atoms with Gasteiger partial charge in [0.1, 0.15) is 5.75 Å². The second kappa shape index (κ2) is 3.66. The lowest BCUT2D eigenvalue weighted by molar-refractivity contribution is 0.318. The van der Waals surface area contributed by atoms with Crippen molar-refractivity contribution in [3.63, 3.8) is 0 Å². The van der Waals surface area contributed by atoms with Gasteiger partial charge in [-0.15, -0.1) is 0 Å². The highest BCUT2D eigenvalue weighted by atomic mass is 16.5. The molecule has 0 unspecified atom stereocenters.